The van der Waals surface area contributed by atoms with Crippen LogP contribution in [0.2, 0.25) is 5.15 Å². The Morgan fingerprint density at radius 1 is 1.19 bits per heavy atom. The minimum atomic E-state index is -1.13. The molecular formula is C21H31ClN6O3. The SMILES string of the molecule is Cc1ccccc1C[C@H](CNC(=O)c1nc(Cl)c(N)nc1N)CNC(O)OC(C)(C)C. The molecule has 2 rings (SSSR count). The Balaban J connectivity index is 2.08. The highest BCUT2D eigenvalue weighted by molar-refractivity contribution is 6.31. The highest BCUT2D eigenvalue weighted by Gasteiger charge is 2.21. The van der Waals surface area contributed by atoms with Crippen LogP contribution in [0.15, 0.2) is 24.3 Å². The molecule has 0 saturated heterocycles. The number of nitrogens with two attached hydrogens (primary N) is 2. The van der Waals surface area contributed by atoms with E-state index in [2.05, 4.69) is 20.6 Å². The highest BCUT2D eigenvalue weighted by Crippen LogP contribution is 2.18. The second kappa shape index (κ2) is 10.7. The van der Waals surface area contributed by atoms with Gasteiger partial charge in [-0.1, -0.05) is 35.9 Å². The van der Waals surface area contributed by atoms with Gasteiger partial charge < -0.3 is 26.6 Å². The summed E-state index contributed by atoms with van der Waals surface area (Å²) in [7, 11) is 0. The zero-order valence-electron chi connectivity index (χ0n) is 18.3. The number of nitrogen functional groups attached to an aromatic ring is 2. The quantitative estimate of drug-likeness (QED) is 0.363. The number of hydrogen-bond acceptors (Lipinski definition) is 8. The first-order chi connectivity index (χ1) is 14.5. The van der Waals surface area contributed by atoms with Crippen LogP contribution in [0.25, 0.3) is 0 Å². The molecule has 0 bridgehead atoms. The maximum absolute atomic E-state index is 12.6. The molecule has 0 radical (unpaired) electrons. The Labute approximate surface area is 187 Å². The lowest BCUT2D eigenvalue weighted by Gasteiger charge is -2.26. The summed E-state index contributed by atoms with van der Waals surface area (Å²) in [5, 5.41) is 15.8. The number of ether oxygens (including phenoxy) is 1. The van der Waals surface area contributed by atoms with Crippen molar-refractivity contribution in [1.82, 2.24) is 20.6 Å². The van der Waals surface area contributed by atoms with Crippen LogP contribution in [-0.4, -0.2) is 46.1 Å². The molecule has 0 aliphatic carbocycles. The van der Waals surface area contributed by atoms with E-state index < -0.39 is 17.9 Å². The third-order valence-corrected chi connectivity index (χ3v) is 4.77. The normalized spacial score (nSPS) is 13.6. The number of aryl methyl sites for hydroxylation is 1. The molecule has 1 unspecified atom stereocenters. The van der Waals surface area contributed by atoms with Crippen molar-refractivity contribution in [2.24, 2.45) is 5.92 Å². The average Bonchev–Trinajstić information content (AvgIpc) is 2.66. The maximum Gasteiger partial charge on any atom is 0.273 e. The van der Waals surface area contributed by atoms with Gasteiger partial charge in [-0.2, -0.15) is 0 Å². The lowest BCUT2D eigenvalue weighted by atomic mass is 9.96. The Bertz CT molecular complexity index is 903. The molecular weight excluding hydrogens is 420 g/mol. The van der Waals surface area contributed by atoms with Crippen molar-refractivity contribution in [2.45, 2.75) is 46.1 Å². The van der Waals surface area contributed by atoms with Crippen LogP contribution in [0.4, 0.5) is 11.6 Å². The third kappa shape index (κ3) is 7.95. The molecule has 170 valence electrons. The number of carbonyl (C=O) groups is 1. The summed E-state index contributed by atoms with van der Waals surface area (Å²) >= 11 is 5.87. The molecule has 1 aromatic heterocycles. The van der Waals surface area contributed by atoms with Crippen LogP contribution in [0.5, 0.6) is 0 Å². The van der Waals surface area contributed by atoms with Gasteiger partial charge in [0, 0.05) is 13.1 Å². The fourth-order valence-electron chi connectivity index (χ4n) is 2.94. The summed E-state index contributed by atoms with van der Waals surface area (Å²) in [5.41, 5.74) is 13.0. The number of hydrogen-bond donors (Lipinski definition) is 5. The highest BCUT2D eigenvalue weighted by atomic mass is 35.5. The standard InChI is InChI=1S/C21H31ClN6O3/c1-12-7-5-6-8-14(12)9-13(11-26-20(30)31-21(2,3)4)10-25-19(29)15-17(23)28-18(24)16(22)27-15/h5-8,13,20,26,30H,9-11H2,1-4H3,(H,25,29)(H4,23,24,28)/t13-,20?/m1/s1. The van der Waals surface area contributed by atoms with Gasteiger partial charge in [0.15, 0.2) is 22.5 Å². The van der Waals surface area contributed by atoms with Crippen LogP contribution >= 0.6 is 11.6 Å². The number of halogens is 1. The molecule has 7 N–H and O–H groups in total. The minimum absolute atomic E-state index is 0.0369. The van der Waals surface area contributed by atoms with Gasteiger partial charge in [0.05, 0.1) is 5.60 Å². The van der Waals surface area contributed by atoms with E-state index in [1.54, 1.807) is 0 Å². The number of benzene rings is 1. The number of aliphatic hydroxyl groups excluding tert-OH is 1. The van der Waals surface area contributed by atoms with Gasteiger partial charge in [-0.05, 0) is 51.2 Å². The van der Waals surface area contributed by atoms with Crippen molar-refractivity contribution in [3.05, 3.63) is 46.2 Å². The zero-order chi connectivity index (χ0) is 23.2. The zero-order valence-corrected chi connectivity index (χ0v) is 19.0. The lowest BCUT2D eigenvalue weighted by molar-refractivity contribution is -0.182. The molecule has 1 heterocycles. The van der Waals surface area contributed by atoms with Crippen molar-refractivity contribution < 1.29 is 14.6 Å². The number of rotatable bonds is 9. The smallest absolute Gasteiger partial charge is 0.273 e. The number of nitrogens with zero attached hydrogens (tertiary/aromatic N) is 2. The molecule has 9 nitrogen and oxygen atoms in total. The van der Waals surface area contributed by atoms with Gasteiger partial charge >= 0.3 is 0 Å². The number of amides is 1. The van der Waals surface area contributed by atoms with Crippen LogP contribution in [0.3, 0.4) is 0 Å². The van der Waals surface area contributed by atoms with E-state index in [1.165, 1.54) is 0 Å². The van der Waals surface area contributed by atoms with E-state index in [1.807, 2.05) is 52.0 Å². The summed E-state index contributed by atoms with van der Waals surface area (Å²) in [5.74, 6) is -0.693. The van der Waals surface area contributed by atoms with E-state index in [-0.39, 0.29) is 28.4 Å². The largest absolute Gasteiger partial charge is 0.382 e. The van der Waals surface area contributed by atoms with E-state index in [4.69, 9.17) is 27.8 Å². The van der Waals surface area contributed by atoms with Crippen molar-refractivity contribution in [1.29, 1.82) is 0 Å². The minimum Gasteiger partial charge on any atom is -0.382 e. The van der Waals surface area contributed by atoms with Crippen LogP contribution < -0.4 is 22.1 Å². The Hall–Kier alpha value is -2.46. The van der Waals surface area contributed by atoms with Crippen LogP contribution in [0.1, 0.15) is 42.4 Å². The third-order valence-electron chi connectivity index (χ3n) is 4.49. The first kappa shape index (κ1) is 24.8. The van der Waals surface area contributed by atoms with Crippen molar-refractivity contribution in [2.75, 3.05) is 24.6 Å². The summed E-state index contributed by atoms with van der Waals surface area (Å²) in [6, 6.07) is 8.01. The summed E-state index contributed by atoms with van der Waals surface area (Å²) < 4.78 is 5.49. The molecule has 1 aromatic carbocycles. The number of anilines is 2. The Kier molecular flexibility index (Phi) is 8.58. The van der Waals surface area contributed by atoms with Crippen LogP contribution in [-0.2, 0) is 11.2 Å². The van der Waals surface area contributed by atoms with Gasteiger partial charge in [0.25, 0.3) is 5.91 Å². The molecule has 0 saturated carbocycles. The van der Waals surface area contributed by atoms with Gasteiger partial charge in [-0.3, -0.25) is 10.1 Å². The average molecular weight is 451 g/mol. The van der Waals surface area contributed by atoms with E-state index in [9.17, 15) is 9.90 Å². The topological polar surface area (TPSA) is 148 Å². The predicted molar refractivity (Wildman–Crippen MR) is 121 cm³/mol. The molecule has 1 amide bonds. The fraction of sp³-hybridized carbons (Fsp3) is 0.476. The molecule has 0 fully saturated rings. The van der Waals surface area contributed by atoms with Crippen molar-refractivity contribution in [3.8, 4) is 0 Å². The number of aromatic nitrogens is 2. The van der Waals surface area contributed by atoms with Crippen molar-refractivity contribution >= 4 is 29.1 Å². The number of carbonyl (C=O) groups excluding carboxylic acids is 1. The molecule has 0 aliphatic heterocycles. The van der Waals surface area contributed by atoms with Crippen molar-refractivity contribution in [3.63, 3.8) is 0 Å². The molecule has 31 heavy (non-hydrogen) atoms. The maximum atomic E-state index is 12.6. The summed E-state index contributed by atoms with van der Waals surface area (Å²) in [6.45, 7) is 8.29. The molecule has 2 aromatic rings. The predicted octanol–water partition coefficient (Wildman–Crippen LogP) is 1.87. The van der Waals surface area contributed by atoms with E-state index >= 15 is 0 Å². The van der Waals surface area contributed by atoms with Gasteiger partial charge in [0.2, 0.25) is 6.41 Å². The van der Waals surface area contributed by atoms with Gasteiger partial charge in [0.1, 0.15) is 0 Å². The first-order valence-electron chi connectivity index (χ1n) is 9.96. The van der Waals surface area contributed by atoms with Gasteiger partial charge in [-0.25, -0.2) is 9.97 Å². The molecule has 10 heteroatoms. The van der Waals surface area contributed by atoms with E-state index in [0.717, 1.165) is 11.1 Å². The first-order valence-corrected chi connectivity index (χ1v) is 10.3. The molecule has 2 atom stereocenters. The Morgan fingerprint density at radius 2 is 1.87 bits per heavy atom. The number of nitrogens with one attached hydrogen (secondary N) is 2. The second-order valence-corrected chi connectivity index (χ2v) is 8.69. The summed E-state index contributed by atoms with van der Waals surface area (Å²) in [6.07, 6.45) is -0.459. The lowest BCUT2D eigenvalue weighted by Crippen LogP contribution is -2.43. The monoisotopic (exact) mass is 450 g/mol. The summed E-state index contributed by atoms with van der Waals surface area (Å²) in [4.78, 5) is 20.4. The fourth-order valence-corrected chi connectivity index (χ4v) is 3.07. The molecule has 0 aliphatic rings. The Morgan fingerprint density at radius 3 is 2.52 bits per heavy atom. The number of aliphatic hydroxyl groups is 1. The van der Waals surface area contributed by atoms with Gasteiger partial charge in [-0.15, -0.1) is 0 Å². The van der Waals surface area contributed by atoms with E-state index in [0.29, 0.717) is 19.5 Å². The second-order valence-electron chi connectivity index (χ2n) is 8.33. The molecule has 0 spiro atoms. The van der Waals surface area contributed by atoms with Crippen LogP contribution in [0, 0.1) is 12.8 Å².